The molecule has 2 rings (SSSR count). The van der Waals surface area contributed by atoms with Gasteiger partial charge in [-0.1, -0.05) is 28.1 Å². The number of hydrogen-bond acceptors (Lipinski definition) is 1. The topological polar surface area (TPSA) is 12.0 Å². The molecule has 1 nitrogen and oxygen atoms in total. The summed E-state index contributed by atoms with van der Waals surface area (Å²) in [6, 6.07) is 11.6. The Morgan fingerprint density at radius 3 is 2.62 bits per heavy atom. The lowest BCUT2D eigenvalue weighted by molar-refractivity contribution is 0.478. The predicted molar refractivity (Wildman–Crippen MR) is 85.3 cm³/mol. The Kier molecular flexibility index (Phi) is 5.88. The van der Waals surface area contributed by atoms with E-state index in [0.717, 1.165) is 16.6 Å². The van der Waals surface area contributed by atoms with Gasteiger partial charge in [-0.05, 0) is 73.8 Å². The van der Waals surface area contributed by atoms with Crippen LogP contribution in [0.1, 0.15) is 11.1 Å². The maximum atomic E-state index is 13.9. The number of halogens is 3. The van der Waals surface area contributed by atoms with E-state index in [1.807, 2.05) is 19.2 Å². The van der Waals surface area contributed by atoms with Crippen LogP contribution >= 0.6 is 15.9 Å². The maximum absolute atomic E-state index is 13.9. The second kappa shape index (κ2) is 7.66. The highest BCUT2D eigenvalue weighted by atomic mass is 79.9. The first-order chi connectivity index (χ1) is 10.1. The minimum absolute atomic E-state index is 0.196. The van der Waals surface area contributed by atoms with Gasteiger partial charge in [0.05, 0.1) is 0 Å². The Morgan fingerprint density at radius 1 is 1.10 bits per heavy atom. The van der Waals surface area contributed by atoms with Crippen molar-refractivity contribution in [2.45, 2.75) is 12.8 Å². The van der Waals surface area contributed by atoms with Gasteiger partial charge >= 0.3 is 0 Å². The maximum Gasteiger partial charge on any atom is 0.126 e. The average molecular weight is 354 g/mol. The highest BCUT2D eigenvalue weighted by Gasteiger charge is 2.13. The normalized spacial score (nSPS) is 12.4. The van der Waals surface area contributed by atoms with Crippen molar-refractivity contribution in [1.82, 2.24) is 5.32 Å². The summed E-state index contributed by atoms with van der Waals surface area (Å²) >= 11 is 3.37. The van der Waals surface area contributed by atoms with Crippen LogP contribution in [0.25, 0.3) is 0 Å². The standard InChI is InChI=1S/C17H18BrF2N/c1-21-11-13(7-12-3-2-4-16(19)9-12)8-14-10-15(18)5-6-17(14)20/h2-6,9-10,13,21H,7-8,11H2,1H3. The molecule has 0 fully saturated rings. The quantitative estimate of drug-likeness (QED) is 0.813. The van der Waals surface area contributed by atoms with E-state index >= 15 is 0 Å². The van der Waals surface area contributed by atoms with Gasteiger partial charge < -0.3 is 5.32 Å². The van der Waals surface area contributed by atoms with Gasteiger partial charge in [-0.25, -0.2) is 8.78 Å². The lowest BCUT2D eigenvalue weighted by Crippen LogP contribution is -2.23. The van der Waals surface area contributed by atoms with Gasteiger partial charge in [0.1, 0.15) is 11.6 Å². The molecule has 0 aliphatic rings. The summed E-state index contributed by atoms with van der Waals surface area (Å²) in [7, 11) is 1.87. The van der Waals surface area contributed by atoms with E-state index < -0.39 is 0 Å². The highest BCUT2D eigenvalue weighted by molar-refractivity contribution is 9.10. The Labute approximate surface area is 132 Å². The van der Waals surface area contributed by atoms with Crippen LogP contribution in [0.3, 0.4) is 0 Å². The summed E-state index contributed by atoms with van der Waals surface area (Å²) in [5.74, 6) is -0.219. The van der Waals surface area contributed by atoms with Crippen molar-refractivity contribution in [2.24, 2.45) is 5.92 Å². The van der Waals surface area contributed by atoms with Gasteiger partial charge in [0.15, 0.2) is 0 Å². The van der Waals surface area contributed by atoms with Gasteiger partial charge in [0, 0.05) is 4.47 Å². The van der Waals surface area contributed by atoms with Crippen molar-refractivity contribution in [3.8, 4) is 0 Å². The monoisotopic (exact) mass is 353 g/mol. The largest absolute Gasteiger partial charge is 0.319 e. The van der Waals surface area contributed by atoms with E-state index in [4.69, 9.17) is 0 Å². The van der Waals surface area contributed by atoms with Crippen molar-refractivity contribution in [3.05, 3.63) is 69.7 Å². The van der Waals surface area contributed by atoms with Crippen LogP contribution in [0.15, 0.2) is 46.9 Å². The zero-order valence-electron chi connectivity index (χ0n) is 11.9. The molecule has 0 spiro atoms. The predicted octanol–water partition coefficient (Wildman–Crippen LogP) is 4.35. The van der Waals surface area contributed by atoms with Crippen LogP contribution in [-0.4, -0.2) is 13.6 Å². The third-order valence-corrected chi connectivity index (χ3v) is 3.92. The van der Waals surface area contributed by atoms with Gasteiger partial charge in [-0.3, -0.25) is 0 Å². The van der Waals surface area contributed by atoms with Crippen LogP contribution in [-0.2, 0) is 12.8 Å². The molecule has 0 bridgehead atoms. The van der Waals surface area contributed by atoms with Gasteiger partial charge in [0.25, 0.3) is 0 Å². The fourth-order valence-electron chi connectivity index (χ4n) is 2.51. The molecule has 0 saturated carbocycles. The van der Waals surface area contributed by atoms with Crippen LogP contribution in [0, 0.1) is 17.6 Å². The smallest absolute Gasteiger partial charge is 0.126 e. The molecule has 2 aromatic rings. The lowest BCUT2D eigenvalue weighted by atomic mass is 9.92. The van der Waals surface area contributed by atoms with Crippen LogP contribution in [0.4, 0.5) is 8.78 Å². The first-order valence-corrected chi connectivity index (χ1v) is 7.70. The molecule has 0 amide bonds. The molecule has 1 atom stereocenters. The molecule has 0 aromatic heterocycles. The zero-order chi connectivity index (χ0) is 15.2. The molecule has 0 heterocycles. The SMILES string of the molecule is CNCC(Cc1cccc(F)c1)Cc1cc(Br)ccc1F. The molecular weight excluding hydrogens is 336 g/mol. The summed E-state index contributed by atoms with van der Waals surface area (Å²) in [6.07, 6.45) is 1.33. The second-order valence-electron chi connectivity index (χ2n) is 5.20. The first-order valence-electron chi connectivity index (χ1n) is 6.91. The van der Waals surface area contributed by atoms with Crippen molar-refractivity contribution in [1.29, 1.82) is 0 Å². The number of hydrogen-bond donors (Lipinski definition) is 1. The molecule has 112 valence electrons. The number of benzene rings is 2. The van der Waals surface area contributed by atoms with E-state index in [-0.39, 0.29) is 17.6 Å². The third-order valence-electron chi connectivity index (χ3n) is 3.42. The van der Waals surface area contributed by atoms with Gasteiger partial charge in [-0.2, -0.15) is 0 Å². The van der Waals surface area contributed by atoms with Gasteiger partial charge in [-0.15, -0.1) is 0 Å². The van der Waals surface area contributed by atoms with Crippen LogP contribution in [0.5, 0.6) is 0 Å². The number of nitrogens with one attached hydrogen (secondary N) is 1. The average Bonchev–Trinajstić information content (AvgIpc) is 2.43. The Bertz CT molecular complexity index is 601. The summed E-state index contributed by atoms with van der Waals surface area (Å²) in [6.45, 7) is 0.752. The first kappa shape index (κ1) is 16.1. The van der Waals surface area contributed by atoms with Crippen LogP contribution in [0.2, 0.25) is 0 Å². The zero-order valence-corrected chi connectivity index (χ0v) is 13.5. The molecule has 0 saturated heterocycles. The summed E-state index contributed by atoms with van der Waals surface area (Å²) in [5.41, 5.74) is 1.62. The van der Waals surface area contributed by atoms with E-state index in [1.54, 1.807) is 18.2 Å². The van der Waals surface area contributed by atoms with Crippen molar-refractivity contribution >= 4 is 15.9 Å². The minimum Gasteiger partial charge on any atom is -0.319 e. The van der Waals surface area contributed by atoms with Crippen LogP contribution < -0.4 is 5.32 Å². The van der Waals surface area contributed by atoms with E-state index in [9.17, 15) is 8.78 Å². The van der Waals surface area contributed by atoms with Gasteiger partial charge in [0.2, 0.25) is 0 Å². The molecule has 1 unspecified atom stereocenters. The van der Waals surface area contributed by atoms with E-state index in [2.05, 4.69) is 21.2 Å². The summed E-state index contributed by atoms with van der Waals surface area (Å²) in [5, 5.41) is 3.13. The molecule has 1 N–H and O–H groups in total. The molecule has 21 heavy (non-hydrogen) atoms. The van der Waals surface area contributed by atoms with E-state index in [1.165, 1.54) is 12.1 Å². The molecule has 4 heteroatoms. The Morgan fingerprint density at radius 2 is 1.90 bits per heavy atom. The van der Waals surface area contributed by atoms with Crippen molar-refractivity contribution in [2.75, 3.05) is 13.6 Å². The molecular formula is C17H18BrF2N. The fraction of sp³-hybridized carbons (Fsp3) is 0.294. The summed E-state index contributed by atoms with van der Waals surface area (Å²) < 4.78 is 28.0. The second-order valence-corrected chi connectivity index (χ2v) is 6.11. The highest BCUT2D eigenvalue weighted by Crippen LogP contribution is 2.21. The molecule has 0 aliphatic heterocycles. The Hall–Kier alpha value is -1.26. The summed E-state index contributed by atoms with van der Waals surface area (Å²) in [4.78, 5) is 0. The Balaban J connectivity index is 2.13. The minimum atomic E-state index is -0.232. The number of rotatable bonds is 6. The third kappa shape index (κ3) is 4.90. The molecule has 0 radical (unpaired) electrons. The fourth-order valence-corrected chi connectivity index (χ4v) is 2.92. The molecule has 0 aliphatic carbocycles. The lowest BCUT2D eigenvalue weighted by Gasteiger charge is -2.17. The van der Waals surface area contributed by atoms with Crippen molar-refractivity contribution in [3.63, 3.8) is 0 Å². The van der Waals surface area contributed by atoms with E-state index in [0.29, 0.717) is 18.4 Å². The van der Waals surface area contributed by atoms with Crippen molar-refractivity contribution < 1.29 is 8.78 Å². The molecule has 2 aromatic carbocycles.